The Labute approximate surface area is 148 Å². The van der Waals surface area contributed by atoms with Crippen molar-refractivity contribution in [1.82, 2.24) is 4.98 Å². The molecule has 2 aliphatic rings. The topological polar surface area (TPSA) is 111 Å². The number of aromatic nitrogens is 1. The van der Waals surface area contributed by atoms with E-state index >= 15 is 0 Å². The third-order valence-electron chi connectivity index (χ3n) is 3.24. The Morgan fingerprint density at radius 1 is 1.00 bits per heavy atom. The number of hydrogen-bond donors (Lipinski definition) is 4. The van der Waals surface area contributed by atoms with Gasteiger partial charge in [-0.25, -0.2) is 4.98 Å². The van der Waals surface area contributed by atoms with Crippen LogP contribution in [0.25, 0.3) is 22.6 Å². The first-order chi connectivity index (χ1) is 11.4. The lowest BCUT2D eigenvalue weighted by Gasteiger charge is -2.07. The molecule has 0 saturated carbocycles. The smallest absolute Gasteiger partial charge is 0.263 e. The molecule has 8 heteroatoms. The fourth-order valence-electron chi connectivity index (χ4n) is 2.05. The van der Waals surface area contributed by atoms with E-state index in [0.717, 1.165) is 11.3 Å². The zero-order valence-electron chi connectivity index (χ0n) is 11.9. The molecule has 4 N–H and O–H groups in total. The summed E-state index contributed by atoms with van der Waals surface area (Å²) in [5, 5.41) is 38.9. The molecule has 1 aromatic rings. The summed E-state index contributed by atoms with van der Waals surface area (Å²) >= 11 is 4.22. The van der Waals surface area contributed by atoms with Crippen molar-refractivity contribution < 1.29 is 20.4 Å². The minimum atomic E-state index is -0.827. The first-order valence-electron chi connectivity index (χ1n) is 6.61. The Morgan fingerprint density at radius 3 is 2.46 bits per heavy atom. The average Bonchev–Trinajstić information content (AvgIpc) is 2.56. The Bertz CT molecular complexity index is 975. The van der Waals surface area contributed by atoms with Gasteiger partial charge in [0.05, 0.1) is 9.35 Å². The van der Waals surface area contributed by atoms with Crippen LogP contribution >= 0.6 is 27.3 Å². The first kappa shape index (κ1) is 16.3. The van der Waals surface area contributed by atoms with E-state index in [0.29, 0.717) is 25.5 Å². The van der Waals surface area contributed by atoms with Crippen LogP contribution < -0.4 is 5.43 Å². The second-order valence-corrected chi connectivity index (χ2v) is 6.78. The van der Waals surface area contributed by atoms with Gasteiger partial charge in [0.15, 0.2) is 23.0 Å². The third kappa shape index (κ3) is 2.93. The number of benzene rings is 2. The second kappa shape index (κ2) is 6.14. The zero-order chi connectivity index (χ0) is 17.4. The minimum absolute atomic E-state index is 0.244. The second-order valence-electron chi connectivity index (χ2n) is 4.89. The highest BCUT2D eigenvalue weighted by Gasteiger charge is 2.16. The molecule has 0 bridgehead atoms. The number of fused-ring (bicyclic) bond motifs is 1. The van der Waals surface area contributed by atoms with Gasteiger partial charge >= 0.3 is 0 Å². The van der Waals surface area contributed by atoms with E-state index in [4.69, 9.17) is 0 Å². The van der Waals surface area contributed by atoms with Crippen molar-refractivity contribution in [3.63, 3.8) is 0 Å². The minimum Gasteiger partial charge on any atom is -0.504 e. The summed E-state index contributed by atoms with van der Waals surface area (Å²) in [4.78, 5) is 16.1. The number of phenols is 4. The van der Waals surface area contributed by atoms with E-state index in [1.54, 1.807) is 18.2 Å². The lowest BCUT2D eigenvalue weighted by molar-refractivity contribution is 0.401. The Kier molecular flexibility index (Phi) is 4.16. The quantitative estimate of drug-likeness (QED) is 0.484. The molecule has 0 spiro atoms. The highest BCUT2D eigenvalue weighted by atomic mass is 79.9. The van der Waals surface area contributed by atoms with Crippen LogP contribution in [0.5, 0.6) is 23.0 Å². The Balaban J connectivity index is 2.02. The van der Waals surface area contributed by atoms with Crippen molar-refractivity contribution in [3.8, 4) is 33.4 Å². The number of hydrogen-bond acceptors (Lipinski definition) is 7. The summed E-state index contributed by atoms with van der Waals surface area (Å²) in [7, 11) is 0. The summed E-state index contributed by atoms with van der Waals surface area (Å²) in [5.41, 5.74) is 0.245. The lowest BCUT2D eigenvalue weighted by Crippen LogP contribution is -2.01. The number of rotatable bonds is 2. The Morgan fingerprint density at radius 2 is 1.75 bits per heavy atom. The van der Waals surface area contributed by atoms with Crippen molar-refractivity contribution in [2.24, 2.45) is 0 Å². The molecule has 0 unspecified atom stereocenters. The van der Waals surface area contributed by atoms with E-state index in [2.05, 4.69) is 20.9 Å². The average molecular weight is 408 g/mol. The van der Waals surface area contributed by atoms with Gasteiger partial charge in [0, 0.05) is 11.8 Å². The fourth-order valence-corrected chi connectivity index (χ4v) is 3.39. The molecule has 122 valence electrons. The number of aromatic hydroxyl groups is 4. The molecule has 1 aliphatic carbocycles. The fraction of sp³-hybridized carbons (Fsp3) is 0. The van der Waals surface area contributed by atoms with E-state index in [1.807, 2.05) is 0 Å². The van der Waals surface area contributed by atoms with E-state index < -0.39 is 16.9 Å². The van der Waals surface area contributed by atoms with Crippen LogP contribution in [0.2, 0.25) is 0 Å². The summed E-state index contributed by atoms with van der Waals surface area (Å²) in [6, 6.07) is 4.25. The lowest BCUT2D eigenvalue weighted by atomic mass is 10.1. The van der Waals surface area contributed by atoms with Gasteiger partial charge in [-0.2, -0.15) is 0 Å². The molecule has 0 aromatic heterocycles. The Hall–Kier alpha value is -2.58. The molecule has 0 atom stereocenters. The van der Waals surface area contributed by atoms with Gasteiger partial charge < -0.3 is 20.4 Å². The molecule has 1 heterocycles. The molecule has 1 aliphatic heterocycles. The van der Waals surface area contributed by atoms with Crippen molar-refractivity contribution in [2.75, 3.05) is 0 Å². The summed E-state index contributed by atoms with van der Waals surface area (Å²) in [5.74, 6) is -1.55. The zero-order valence-corrected chi connectivity index (χ0v) is 14.3. The SMILES string of the molecule is O=c1c(O)cc2cnc(/C=C/c3cc(O)c(O)c(Br)c3)sc-2c1O. The van der Waals surface area contributed by atoms with E-state index in [-0.39, 0.29) is 11.5 Å². The van der Waals surface area contributed by atoms with Crippen LogP contribution in [-0.4, -0.2) is 25.4 Å². The molecular formula is C16H10BrNO5S. The van der Waals surface area contributed by atoms with Crippen LogP contribution in [0, 0.1) is 0 Å². The molecule has 1 aromatic carbocycles. The normalized spacial score (nSPS) is 11.4. The molecule has 0 amide bonds. The highest BCUT2D eigenvalue weighted by Crippen LogP contribution is 2.37. The van der Waals surface area contributed by atoms with Gasteiger partial charge in [0.25, 0.3) is 5.43 Å². The number of phenolic OH excluding ortho intramolecular Hbond substituents is 4. The van der Waals surface area contributed by atoms with Gasteiger partial charge in [-0.05, 0) is 45.8 Å². The van der Waals surface area contributed by atoms with Crippen molar-refractivity contribution in [1.29, 1.82) is 0 Å². The third-order valence-corrected chi connectivity index (χ3v) is 4.93. The molecule has 3 rings (SSSR count). The number of halogens is 1. The van der Waals surface area contributed by atoms with Gasteiger partial charge in [0.1, 0.15) is 5.01 Å². The van der Waals surface area contributed by atoms with Crippen LogP contribution in [-0.2, 0) is 0 Å². The highest BCUT2D eigenvalue weighted by molar-refractivity contribution is 9.10. The van der Waals surface area contributed by atoms with Crippen molar-refractivity contribution in [3.05, 3.63) is 49.7 Å². The van der Waals surface area contributed by atoms with Gasteiger partial charge in [-0.1, -0.05) is 6.08 Å². The maximum Gasteiger partial charge on any atom is 0.263 e. The summed E-state index contributed by atoms with van der Waals surface area (Å²) in [6.45, 7) is 0. The van der Waals surface area contributed by atoms with E-state index in [9.17, 15) is 25.2 Å². The van der Waals surface area contributed by atoms with Gasteiger partial charge in [-0.15, -0.1) is 11.3 Å². The molecule has 0 saturated heterocycles. The standard InChI is InChI=1S/C16H10BrNO5S/c17-9-3-7(4-10(19)13(9)21)1-2-12-18-6-8-5-11(20)14(22)15(23)16(8)24-12/h1-6,19-21,23H/b2-1+. The molecule has 24 heavy (non-hydrogen) atoms. The maximum absolute atomic E-state index is 11.6. The summed E-state index contributed by atoms with van der Waals surface area (Å²) < 4.78 is 0.349. The first-order valence-corrected chi connectivity index (χ1v) is 8.22. The van der Waals surface area contributed by atoms with Gasteiger partial charge in [0.2, 0.25) is 0 Å². The van der Waals surface area contributed by atoms with Crippen molar-refractivity contribution >= 4 is 39.4 Å². The monoisotopic (exact) mass is 407 g/mol. The maximum atomic E-state index is 11.6. The van der Waals surface area contributed by atoms with Crippen LogP contribution in [0.1, 0.15) is 10.6 Å². The van der Waals surface area contributed by atoms with Crippen LogP contribution in [0.15, 0.2) is 33.7 Å². The van der Waals surface area contributed by atoms with E-state index in [1.165, 1.54) is 18.3 Å². The molecular weight excluding hydrogens is 398 g/mol. The van der Waals surface area contributed by atoms with Gasteiger partial charge in [-0.3, -0.25) is 4.79 Å². The van der Waals surface area contributed by atoms with Crippen molar-refractivity contribution in [2.45, 2.75) is 0 Å². The van der Waals surface area contributed by atoms with Crippen LogP contribution in [0.3, 0.4) is 0 Å². The van der Waals surface area contributed by atoms with Crippen LogP contribution in [0.4, 0.5) is 0 Å². The largest absolute Gasteiger partial charge is 0.504 e. The molecule has 6 nitrogen and oxygen atoms in total. The predicted molar refractivity (Wildman–Crippen MR) is 94.7 cm³/mol. The predicted octanol–water partition coefficient (Wildman–Crippen LogP) is 3.36. The molecule has 0 fully saturated rings. The molecule has 0 radical (unpaired) electrons. The summed E-state index contributed by atoms with van der Waals surface area (Å²) in [6.07, 6.45) is 4.73. The number of nitrogens with zero attached hydrogens (tertiary/aromatic N) is 1.